The lowest BCUT2D eigenvalue weighted by Crippen LogP contribution is -1.91. The van der Waals surface area contributed by atoms with Crippen LogP contribution in [0.5, 0.6) is 0 Å². The summed E-state index contributed by atoms with van der Waals surface area (Å²) in [5.41, 5.74) is 6.12. The van der Waals surface area contributed by atoms with E-state index >= 15 is 0 Å². The van der Waals surface area contributed by atoms with Crippen LogP contribution in [-0.4, -0.2) is 4.98 Å². The number of hydrogen-bond donors (Lipinski definition) is 0. The lowest BCUT2D eigenvalue weighted by atomic mass is 9.88. The van der Waals surface area contributed by atoms with Gasteiger partial charge >= 0.3 is 0 Å². The third-order valence-electron chi connectivity index (χ3n) is 5.75. The fraction of sp³-hybridized carbons (Fsp3) is 0.0357. The number of hydrogen-bond acceptors (Lipinski definition) is 2. The second-order valence-electron chi connectivity index (χ2n) is 7.70. The topological polar surface area (TPSA) is 12.9 Å². The van der Waals surface area contributed by atoms with E-state index < -0.39 is 0 Å². The molecular formula is C28H19NS. The maximum absolute atomic E-state index is 5.03. The summed E-state index contributed by atoms with van der Waals surface area (Å²) in [4.78, 5) is 5.03. The number of aryl methyl sites for hydroxylation is 1. The second-order valence-corrected chi connectivity index (χ2v) is 8.73. The molecule has 0 aliphatic heterocycles. The zero-order chi connectivity index (χ0) is 20.1. The van der Waals surface area contributed by atoms with Crippen molar-refractivity contribution in [1.29, 1.82) is 0 Å². The molecule has 0 N–H and O–H groups in total. The number of thiazole rings is 1. The fourth-order valence-corrected chi connectivity index (χ4v) is 5.46. The van der Waals surface area contributed by atoms with Crippen LogP contribution in [-0.2, 0) is 0 Å². The van der Waals surface area contributed by atoms with Gasteiger partial charge in [0.2, 0.25) is 0 Å². The Hall–Kier alpha value is -3.49. The predicted molar refractivity (Wildman–Crippen MR) is 130 cm³/mol. The van der Waals surface area contributed by atoms with E-state index in [9.17, 15) is 0 Å². The predicted octanol–water partition coefficient (Wildman–Crippen LogP) is 8.25. The average molecular weight is 402 g/mol. The first-order valence-corrected chi connectivity index (χ1v) is 11.0. The molecule has 30 heavy (non-hydrogen) atoms. The monoisotopic (exact) mass is 401 g/mol. The summed E-state index contributed by atoms with van der Waals surface area (Å²) >= 11 is 1.77. The van der Waals surface area contributed by atoms with E-state index in [0.717, 1.165) is 10.5 Å². The van der Waals surface area contributed by atoms with Crippen molar-refractivity contribution in [2.24, 2.45) is 0 Å². The van der Waals surface area contributed by atoms with Crippen molar-refractivity contribution in [3.8, 4) is 21.7 Å². The minimum atomic E-state index is 1.06. The minimum absolute atomic E-state index is 1.06. The standard InChI is InChI=1S/C28H19NS/c1-18-15-16-22-23(17-18)26(19-9-3-2-4-10-19)20-11-5-6-12-21(20)27(22)28-29-24-13-7-8-14-25(24)30-28/h2-17H,1H3. The minimum Gasteiger partial charge on any atom is -0.236 e. The number of fused-ring (bicyclic) bond motifs is 3. The van der Waals surface area contributed by atoms with Gasteiger partial charge in [-0.1, -0.05) is 90.5 Å². The molecule has 2 heteroatoms. The van der Waals surface area contributed by atoms with Crippen LogP contribution in [0, 0.1) is 6.92 Å². The lowest BCUT2D eigenvalue weighted by molar-refractivity contribution is 1.48. The van der Waals surface area contributed by atoms with E-state index in [1.54, 1.807) is 11.3 Å². The zero-order valence-corrected chi connectivity index (χ0v) is 17.4. The van der Waals surface area contributed by atoms with Crippen molar-refractivity contribution in [2.75, 3.05) is 0 Å². The van der Waals surface area contributed by atoms with Gasteiger partial charge in [0.25, 0.3) is 0 Å². The molecule has 0 spiro atoms. The zero-order valence-electron chi connectivity index (χ0n) is 16.6. The van der Waals surface area contributed by atoms with Crippen molar-refractivity contribution >= 4 is 43.1 Å². The Labute approximate surface area is 179 Å². The quantitative estimate of drug-likeness (QED) is 0.266. The molecule has 1 heterocycles. The number of para-hydroxylation sites is 1. The van der Waals surface area contributed by atoms with Gasteiger partial charge in [-0.25, -0.2) is 4.98 Å². The van der Waals surface area contributed by atoms with Crippen LogP contribution in [0.3, 0.4) is 0 Å². The average Bonchev–Trinajstić information content (AvgIpc) is 3.21. The van der Waals surface area contributed by atoms with E-state index in [-0.39, 0.29) is 0 Å². The van der Waals surface area contributed by atoms with E-state index in [4.69, 9.17) is 4.98 Å². The molecule has 6 aromatic rings. The number of benzene rings is 5. The highest BCUT2D eigenvalue weighted by atomic mass is 32.1. The lowest BCUT2D eigenvalue weighted by Gasteiger charge is -2.16. The Bertz CT molecular complexity index is 1510. The molecule has 6 rings (SSSR count). The first-order valence-electron chi connectivity index (χ1n) is 10.2. The summed E-state index contributed by atoms with van der Waals surface area (Å²) in [6.45, 7) is 2.17. The van der Waals surface area contributed by atoms with Gasteiger partial charge in [-0.05, 0) is 51.7 Å². The van der Waals surface area contributed by atoms with Gasteiger partial charge in [0.15, 0.2) is 0 Å². The molecule has 142 valence electrons. The van der Waals surface area contributed by atoms with Crippen LogP contribution in [0.4, 0.5) is 0 Å². The first-order chi connectivity index (χ1) is 14.8. The van der Waals surface area contributed by atoms with Gasteiger partial charge in [0.05, 0.1) is 10.2 Å². The molecule has 5 aromatic carbocycles. The van der Waals surface area contributed by atoms with Crippen LogP contribution in [0.25, 0.3) is 53.5 Å². The Kier molecular flexibility index (Phi) is 3.93. The van der Waals surface area contributed by atoms with E-state index in [1.165, 1.54) is 48.5 Å². The number of nitrogens with zero attached hydrogens (tertiary/aromatic N) is 1. The molecule has 0 fully saturated rings. The Morgan fingerprint density at radius 2 is 1.27 bits per heavy atom. The van der Waals surface area contributed by atoms with Crippen molar-refractivity contribution < 1.29 is 0 Å². The Balaban J connectivity index is 1.82. The highest BCUT2D eigenvalue weighted by Crippen LogP contribution is 2.45. The SMILES string of the molecule is Cc1ccc2c(-c3nc4ccccc4s3)c3ccccc3c(-c3ccccc3)c2c1. The molecule has 0 atom stereocenters. The molecule has 0 amide bonds. The Morgan fingerprint density at radius 1 is 0.600 bits per heavy atom. The fourth-order valence-electron chi connectivity index (χ4n) is 4.42. The Morgan fingerprint density at radius 3 is 2.07 bits per heavy atom. The molecule has 1 nitrogen and oxygen atoms in total. The van der Waals surface area contributed by atoms with Gasteiger partial charge in [-0.3, -0.25) is 0 Å². The van der Waals surface area contributed by atoms with Gasteiger partial charge in [-0.15, -0.1) is 11.3 Å². The van der Waals surface area contributed by atoms with Crippen LogP contribution in [0.2, 0.25) is 0 Å². The van der Waals surface area contributed by atoms with Crippen LogP contribution in [0.1, 0.15) is 5.56 Å². The van der Waals surface area contributed by atoms with Gasteiger partial charge in [0, 0.05) is 5.56 Å². The molecule has 0 aliphatic carbocycles. The maximum atomic E-state index is 5.03. The molecule has 0 saturated heterocycles. The van der Waals surface area contributed by atoms with E-state index in [2.05, 4.69) is 104 Å². The van der Waals surface area contributed by atoms with Crippen LogP contribution in [0.15, 0.2) is 97.1 Å². The van der Waals surface area contributed by atoms with Crippen LogP contribution >= 0.6 is 11.3 Å². The summed E-state index contributed by atoms with van der Waals surface area (Å²) < 4.78 is 1.23. The normalized spacial score (nSPS) is 11.5. The molecule has 1 aromatic heterocycles. The first kappa shape index (κ1) is 17.4. The smallest absolute Gasteiger partial charge is 0.125 e. The van der Waals surface area contributed by atoms with Crippen molar-refractivity contribution in [1.82, 2.24) is 4.98 Å². The van der Waals surface area contributed by atoms with E-state index in [1.807, 2.05) is 0 Å². The summed E-state index contributed by atoms with van der Waals surface area (Å²) in [6.07, 6.45) is 0. The highest BCUT2D eigenvalue weighted by Gasteiger charge is 2.18. The molecule has 0 radical (unpaired) electrons. The number of aromatic nitrogens is 1. The van der Waals surface area contributed by atoms with Crippen molar-refractivity contribution in [3.63, 3.8) is 0 Å². The number of rotatable bonds is 2. The molecule has 0 aliphatic rings. The van der Waals surface area contributed by atoms with Gasteiger partial charge in [-0.2, -0.15) is 0 Å². The van der Waals surface area contributed by atoms with Crippen molar-refractivity contribution in [3.05, 3.63) is 103 Å². The van der Waals surface area contributed by atoms with Gasteiger partial charge in [0.1, 0.15) is 5.01 Å². The second kappa shape index (κ2) is 6.79. The maximum Gasteiger partial charge on any atom is 0.125 e. The molecular weight excluding hydrogens is 382 g/mol. The largest absolute Gasteiger partial charge is 0.236 e. The third kappa shape index (κ3) is 2.65. The molecule has 0 saturated carbocycles. The summed E-state index contributed by atoms with van der Waals surface area (Å²) in [5.74, 6) is 0. The highest BCUT2D eigenvalue weighted by molar-refractivity contribution is 7.21. The summed E-state index contributed by atoms with van der Waals surface area (Å²) in [7, 11) is 0. The van der Waals surface area contributed by atoms with Crippen LogP contribution < -0.4 is 0 Å². The molecule has 0 unspecified atom stereocenters. The van der Waals surface area contributed by atoms with Gasteiger partial charge < -0.3 is 0 Å². The molecule has 0 bridgehead atoms. The van der Waals surface area contributed by atoms with E-state index in [0.29, 0.717) is 0 Å². The summed E-state index contributed by atoms with van der Waals surface area (Å²) in [5, 5.41) is 6.16. The summed E-state index contributed by atoms with van der Waals surface area (Å²) in [6, 6.07) is 34.7. The van der Waals surface area contributed by atoms with Crippen molar-refractivity contribution in [2.45, 2.75) is 6.92 Å². The third-order valence-corrected chi connectivity index (χ3v) is 6.80.